The molecule has 4 nitrogen and oxygen atoms in total. The zero-order chi connectivity index (χ0) is 11.4. The molecule has 1 N–H and O–H groups in total. The molecule has 2 rings (SSSR count). The van der Waals surface area contributed by atoms with Crippen molar-refractivity contribution >= 4 is 11.0 Å². The van der Waals surface area contributed by atoms with Crippen LogP contribution in [0.2, 0.25) is 0 Å². The molecule has 16 heavy (non-hydrogen) atoms. The maximum atomic E-state index is 11.3. The van der Waals surface area contributed by atoms with Crippen molar-refractivity contribution in [2.24, 2.45) is 0 Å². The van der Waals surface area contributed by atoms with Gasteiger partial charge in [-0.3, -0.25) is 0 Å². The quantitative estimate of drug-likeness (QED) is 0.623. The van der Waals surface area contributed by atoms with Crippen LogP contribution in [-0.2, 0) is 0 Å². The maximum Gasteiger partial charge on any atom is 0.339 e. The molecule has 84 valence electrons. The Morgan fingerprint density at radius 2 is 2.19 bits per heavy atom. The number of likely N-dealkylation sites (N-methyl/N-ethyl adjacent to an activating group) is 1. The Kier molecular flexibility index (Phi) is 3.22. The smallest absolute Gasteiger partial charge is 0.339 e. The molecule has 0 aliphatic heterocycles. The van der Waals surface area contributed by atoms with Gasteiger partial charge in [-0.05, 0) is 19.2 Å². The lowest BCUT2D eigenvalue weighted by atomic mass is 10.2. The van der Waals surface area contributed by atoms with Crippen LogP contribution in [0, 0.1) is 0 Å². The highest BCUT2D eigenvalue weighted by Gasteiger charge is 2.05. The Hall–Kier alpha value is -1.81. The van der Waals surface area contributed by atoms with E-state index in [-0.39, 0.29) is 0 Å². The van der Waals surface area contributed by atoms with Crippen LogP contribution in [0.5, 0.6) is 5.75 Å². The number of nitrogens with one attached hydrogen (secondary N) is 1. The molecule has 4 heteroatoms. The van der Waals surface area contributed by atoms with Crippen LogP contribution in [0.15, 0.2) is 39.5 Å². The molecule has 2 aromatic rings. The minimum absolute atomic E-state index is 0.391. The van der Waals surface area contributed by atoms with Gasteiger partial charge in [-0.15, -0.1) is 0 Å². The van der Waals surface area contributed by atoms with Crippen LogP contribution in [0.1, 0.15) is 0 Å². The minimum atomic E-state index is -0.391. The van der Waals surface area contributed by atoms with Crippen molar-refractivity contribution in [3.8, 4) is 5.75 Å². The molecule has 0 aliphatic carbocycles. The normalized spacial score (nSPS) is 10.6. The first kappa shape index (κ1) is 10.7. The van der Waals surface area contributed by atoms with Gasteiger partial charge in [-0.1, -0.05) is 12.1 Å². The van der Waals surface area contributed by atoms with Crippen molar-refractivity contribution in [2.75, 3.05) is 20.2 Å². The zero-order valence-electron chi connectivity index (χ0n) is 9.03. The minimum Gasteiger partial charge on any atom is -0.491 e. The van der Waals surface area contributed by atoms with E-state index in [1.54, 1.807) is 6.07 Å². The van der Waals surface area contributed by atoms with E-state index < -0.39 is 5.63 Å². The molecule has 0 radical (unpaired) electrons. The Balaban J connectivity index is 2.38. The van der Waals surface area contributed by atoms with Gasteiger partial charge in [0.2, 0.25) is 0 Å². The molecule has 0 fully saturated rings. The molecule has 0 atom stereocenters. The lowest BCUT2D eigenvalue weighted by Gasteiger charge is -2.07. The third kappa shape index (κ3) is 2.23. The second-order valence-corrected chi connectivity index (χ2v) is 3.38. The highest BCUT2D eigenvalue weighted by molar-refractivity contribution is 5.82. The highest BCUT2D eigenvalue weighted by atomic mass is 16.5. The second kappa shape index (κ2) is 4.81. The first-order valence-electron chi connectivity index (χ1n) is 5.11. The molecule has 1 aromatic carbocycles. The summed E-state index contributed by atoms with van der Waals surface area (Å²) in [6.45, 7) is 1.25. The molecule has 0 unspecified atom stereocenters. The molecule has 0 amide bonds. The van der Waals surface area contributed by atoms with Crippen molar-refractivity contribution in [1.82, 2.24) is 5.32 Å². The van der Waals surface area contributed by atoms with E-state index in [0.29, 0.717) is 17.9 Å². The summed E-state index contributed by atoms with van der Waals surface area (Å²) in [4.78, 5) is 11.3. The van der Waals surface area contributed by atoms with Crippen molar-refractivity contribution < 1.29 is 9.15 Å². The van der Waals surface area contributed by atoms with Gasteiger partial charge < -0.3 is 14.5 Å². The number of rotatable bonds is 4. The van der Waals surface area contributed by atoms with E-state index in [1.165, 1.54) is 6.07 Å². The van der Waals surface area contributed by atoms with E-state index in [4.69, 9.17) is 9.15 Å². The summed E-state index contributed by atoms with van der Waals surface area (Å²) in [5, 5.41) is 3.79. The zero-order valence-corrected chi connectivity index (χ0v) is 9.03. The Bertz CT molecular complexity index is 533. The fourth-order valence-corrected chi connectivity index (χ4v) is 1.46. The number of hydrogen-bond acceptors (Lipinski definition) is 4. The second-order valence-electron chi connectivity index (χ2n) is 3.38. The molecule has 0 saturated heterocycles. The summed E-state index contributed by atoms with van der Waals surface area (Å²) in [7, 11) is 1.85. The predicted octanol–water partition coefficient (Wildman–Crippen LogP) is 1.39. The van der Waals surface area contributed by atoms with Crippen LogP contribution >= 0.6 is 0 Å². The van der Waals surface area contributed by atoms with E-state index in [2.05, 4.69) is 5.32 Å². The molecule has 0 bridgehead atoms. The van der Waals surface area contributed by atoms with Gasteiger partial charge >= 0.3 is 5.63 Å². The van der Waals surface area contributed by atoms with Gasteiger partial charge in [0.25, 0.3) is 0 Å². The number of para-hydroxylation sites is 1. The van der Waals surface area contributed by atoms with Crippen LogP contribution in [0.25, 0.3) is 11.0 Å². The molecule has 1 aromatic heterocycles. The van der Waals surface area contributed by atoms with Crippen LogP contribution in [0.4, 0.5) is 0 Å². The summed E-state index contributed by atoms with van der Waals surface area (Å²) in [5.74, 6) is 0.571. The highest BCUT2D eigenvalue weighted by Crippen LogP contribution is 2.22. The lowest BCUT2D eigenvalue weighted by Crippen LogP contribution is -2.16. The Labute approximate surface area is 92.8 Å². The average Bonchev–Trinajstić information content (AvgIpc) is 2.29. The number of fused-ring (bicyclic) bond motifs is 1. The summed E-state index contributed by atoms with van der Waals surface area (Å²) in [6, 6.07) is 8.70. The van der Waals surface area contributed by atoms with E-state index in [0.717, 1.165) is 11.9 Å². The van der Waals surface area contributed by atoms with E-state index in [1.807, 2.05) is 25.2 Å². The van der Waals surface area contributed by atoms with Crippen LogP contribution in [-0.4, -0.2) is 20.2 Å². The Morgan fingerprint density at radius 3 is 3.00 bits per heavy atom. The van der Waals surface area contributed by atoms with E-state index >= 15 is 0 Å². The molecule has 0 saturated carbocycles. The monoisotopic (exact) mass is 219 g/mol. The maximum absolute atomic E-state index is 11.3. The summed E-state index contributed by atoms with van der Waals surface area (Å²) in [6.07, 6.45) is 0. The van der Waals surface area contributed by atoms with Gasteiger partial charge in [-0.25, -0.2) is 4.79 Å². The fraction of sp³-hybridized carbons (Fsp3) is 0.250. The average molecular weight is 219 g/mol. The number of hydrogen-bond donors (Lipinski definition) is 1. The summed E-state index contributed by atoms with van der Waals surface area (Å²) >= 11 is 0. The third-order valence-corrected chi connectivity index (χ3v) is 2.22. The number of benzene rings is 1. The van der Waals surface area contributed by atoms with Gasteiger partial charge in [0.15, 0.2) is 0 Å². The van der Waals surface area contributed by atoms with E-state index in [9.17, 15) is 4.79 Å². The first-order chi connectivity index (χ1) is 7.81. The van der Waals surface area contributed by atoms with Crippen LogP contribution < -0.4 is 15.7 Å². The van der Waals surface area contributed by atoms with Gasteiger partial charge in [0.05, 0.1) is 11.5 Å². The molecule has 0 spiro atoms. The molecule has 0 aliphatic rings. The first-order valence-corrected chi connectivity index (χ1v) is 5.11. The Morgan fingerprint density at radius 1 is 1.38 bits per heavy atom. The SMILES string of the molecule is CNCCOc1cc(=O)oc2ccccc12. The molecule has 1 heterocycles. The molecular weight excluding hydrogens is 206 g/mol. The van der Waals surface area contributed by atoms with Gasteiger partial charge in [0.1, 0.15) is 17.9 Å². The van der Waals surface area contributed by atoms with Crippen molar-refractivity contribution in [3.05, 3.63) is 40.8 Å². The van der Waals surface area contributed by atoms with Gasteiger partial charge in [-0.2, -0.15) is 0 Å². The third-order valence-electron chi connectivity index (χ3n) is 2.22. The van der Waals surface area contributed by atoms with Crippen molar-refractivity contribution in [2.45, 2.75) is 0 Å². The topological polar surface area (TPSA) is 51.5 Å². The lowest BCUT2D eigenvalue weighted by molar-refractivity contribution is 0.319. The summed E-state index contributed by atoms with van der Waals surface area (Å²) in [5.41, 5.74) is 0.160. The standard InChI is InChI=1S/C12H13NO3/c1-13-6-7-15-11-8-12(14)16-10-5-3-2-4-9(10)11/h2-5,8,13H,6-7H2,1H3. The van der Waals surface area contributed by atoms with Crippen molar-refractivity contribution in [1.29, 1.82) is 0 Å². The van der Waals surface area contributed by atoms with Gasteiger partial charge in [0, 0.05) is 6.54 Å². The largest absolute Gasteiger partial charge is 0.491 e. The molecular formula is C12H13NO3. The number of ether oxygens (including phenoxy) is 1. The van der Waals surface area contributed by atoms with Crippen LogP contribution in [0.3, 0.4) is 0 Å². The summed E-state index contributed by atoms with van der Waals surface area (Å²) < 4.78 is 10.6. The fourth-order valence-electron chi connectivity index (χ4n) is 1.46. The van der Waals surface area contributed by atoms with Crippen molar-refractivity contribution in [3.63, 3.8) is 0 Å². The predicted molar refractivity (Wildman–Crippen MR) is 61.9 cm³/mol.